The molecule has 4 rings (SSSR count). The van der Waals surface area contributed by atoms with E-state index in [9.17, 15) is 18.0 Å². The number of aromatic nitrogens is 1. The summed E-state index contributed by atoms with van der Waals surface area (Å²) in [6.07, 6.45) is 0.658. The lowest BCUT2D eigenvalue weighted by atomic mass is 9.81. The summed E-state index contributed by atoms with van der Waals surface area (Å²) in [5, 5.41) is 2.68. The van der Waals surface area contributed by atoms with Gasteiger partial charge in [-0.2, -0.15) is 4.39 Å². The van der Waals surface area contributed by atoms with Crippen LogP contribution in [-0.2, 0) is 17.8 Å². The van der Waals surface area contributed by atoms with Crippen molar-refractivity contribution in [1.82, 2.24) is 4.98 Å². The van der Waals surface area contributed by atoms with Gasteiger partial charge in [-0.1, -0.05) is 26.8 Å². The molecule has 186 valence electrons. The zero-order valence-corrected chi connectivity index (χ0v) is 19.9. The predicted molar refractivity (Wildman–Crippen MR) is 126 cm³/mol. The maximum absolute atomic E-state index is 15.4. The number of anilines is 2. The molecule has 4 nitrogen and oxygen atoms in total. The first kappa shape index (κ1) is 24.5. The fourth-order valence-electron chi connectivity index (χ4n) is 4.86. The molecule has 2 aliphatic rings. The standard InChI is InChI=1S/C26H31F4N3O.H2/c1-25(2,3)14-22(34)32-23-20(16-6-9-26(29,30)10-7-16)13-21(31-24(23)28)33-11-8-17-12-19(27)5-4-18(17)15-33;/h4-5,12-13,16H,6-11,14-15H2,1-3H3,(H,32,34);1H. The van der Waals surface area contributed by atoms with Crippen LogP contribution in [0.5, 0.6) is 0 Å². The summed E-state index contributed by atoms with van der Waals surface area (Å²) in [5.74, 6) is -4.05. The van der Waals surface area contributed by atoms with Crippen LogP contribution < -0.4 is 10.2 Å². The van der Waals surface area contributed by atoms with Crippen molar-refractivity contribution >= 4 is 17.4 Å². The van der Waals surface area contributed by atoms with Crippen LogP contribution in [0.15, 0.2) is 24.3 Å². The van der Waals surface area contributed by atoms with Crippen LogP contribution in [-0.4, -0.2) is 23.4 Å². The number of rotatable bonds is 4. The van der Waals surface area contributed by atoms with E-state index in [1.165, 1.54) is 12.1 Å². The first-order valence-corrected chi connectivity index (χ1v) is 11.8. The summed E-state index contributed by atoms with van der Waals surface area (Å²) in [7, 11) is 0. The topological polar surface area (TPSA) is 45.2 Å². The van der Waals surface area contributed by atoms with Crippen molar-refractivity contribution < 1.29 is 23.8 Å². The Morgan fingerprint density at radius 3 is 2.56 bits per heavy atom. The molecule has 1 aliphatic carbocycles. The van der Waals surface area contributed by atoms with Crippen molar-refractivity contribution in [2.24, 2.45) is 5.41 Å². The molecular weight excluding hydrogens is 446 g/mol. The molecule has 1 aromatic carbocycles. The summed E-state index contributed by atoms with van der Waals surface area (Å²) >= 11 is 0. The van der Waals surface area contributed by atoms with Gasteiger partial charge in [0.1, 0.15) is 17.3 Å². The highest BCUT2D eigenvalue weighted by molar-refractivity contribution is 5.92. The van der Waals surface area contributed by atoms with Gasteiger partial charge in [0.25, 0.3) is 0 Å². The molecule has 0 atom stereocenters. The third-order valence-electron chi connectivity index (χ3n) is 6.61. The number of alkyl halides is 2. The number of carbonyl (C=O) groups is 1. The second-order valence-corrected chi connectivity index (χ2v) is 10.7. The minimum absolute atomic E-state index is 0. The molecule has 1 aliphatic heterocycles. The summed E-state index contributed by atoms with van der Waals surface area (Å²) < 4.78 is 56.6. The van der Waals surface area contributed by atoms with Crippen molar-refractivity contribution in [3.05, 3.63) is 52.7 Å². The maximum atomic E-state index is 15.4. The van der Waals surface area contributed by atoms with Gasteiger partial charge in [0, 0.05) is 33.8 Å². The number of fused-ring (bicyclic) bond motifs is 1. The van der Waals surface area contributed by atoms with Gasteiger partial charge in [0.05, 0.1) is 0 Å². The predicted octanol–water partition coefficient (Wildman–Crippen LogP) is 6.84. The molecule has 1 amide bonds. The Kier molecular flexibility index (Phi) is 6.62. The number of halogens is 4. The van der Waals surface area contributed by atoms with Crippen LogP contribution in [0.3, 0.4) is 0 Å². The molecule has 2 heterocycles. The van der Waals surface area contributed by atoms with Gasteiger partial charge in [0.15, 0.2) is 0 Å². The van der Waals surface area contributed by atoms with E-state index in [0.717, 1.165) is 11.1 Å². The van der Waals surface area contributed by atoms with E-state index in [1.54, 1.807) is 12.1 Å². The fourth-order valence-corrected chi connectivity index (χ4v) is 4.86. The van der Waals surface area contributed by atoms with Crippen molar-refractivity contribution in [3.8, 4) is 0 Å². The van der Waals surface area contributed by atoms with Crippen LogP contribution in [0.4, 0.5) is 29.1 Å². The van der Waals surface area contributed by atoms with Gasteiger partial charge in [-0.25, -0.2) is 18.2 Å². The van der Waals surface area contributed by atoms with Gasteiger partial charge in [-0.05, 0) is 65.5 Å². The largest absolute Gasteiger partial charge is 0.352 e. The normalized spacial score (nSPS) is 18.5. The highest BCUT2D eigenvalue weighted by atomic mass is 19.3. The Bertz CT molecular complexity index is 1080. The zero-order valence-electron chi connectivity index (χ0n) is 19.9. The van der Waals surface area contributed by atoms with E-state index in [-0.39, 0.29) is 62.3 Å². The number of pyridine rings is 1. The van der Waals surface area contributed by atoms with Crippen LogP contribution in [0.25, 0.3) is 0 Å². The van der Waals surface area contributed by atoms with Gasteiger partial charge >= 0.3 is 0 Å². The average Bonchev–Trinajstić information content (AvgIpc) is 2.73. The zero-order chi connectivity index (χ0) is 24.7. The summed E-state index contributed by atoms with van der Waals surface area (Å²) in [5.41, 5.74) is 2.08. The number of nitrogens with one attached hydrogen (secondary N) is 1. The third kappa shape index (κ3) is 5.70. The third-order valence-corrected chi connectivity index (χ3v) is 6.61. The van der Waals surface area contributed by atoms with Crippen LogP contribution in [0.1, 0.15) is 76.9 Å². The number of nitrogens with zero attached hydrogens (tertiary/aromatic N) is 2. The molecule has 0 bridgehead atoms. The van der Waals surface area contributed by atoms with Gasteiger partial charge in [-0.3, -0.25) is 4.79 Å². The van der Waals surface area contributed by atoms with Crippen LogP contribution in [0, 0.1) is 17.2 Å². The molecule has 0 unspecified atom stereocenters. The highest BCUT2D eigenvalue weighted by Crippen LogP contribution is 2.44. The average molecular weight is 480 g/mol. The van der Waals surface area contributed by atoms with Crippen molar-refractivity contribution in [2.75, 3.05) is 16.8 Å². The van der Waals surface area contributed by atoms with Crippen molar-refractivity contribution in [1.29, 1.82) is 0 Å². The lowest BCUT2D eigenvalue weighted by Gasteiger charge is -2.33. The minimum Gasteiger partial charge on any atom is -0.352 e. The molecule has 8 heteroatoms. The Labute approximate surface area is 199 Å². The van der Waals surface area contributed by atoms with E-state index < -0.39 is 11.9 Å². The molecule has 1 aromatic heterocycles. The molecule has 1 saturated carbocycles. The molecule has 2 aromatic rings. The van der Waals surface area contributed by atoms with Crippen molar-refractivity contribution in [3.63, 3.8) is 0 Å². The van der Waals surface area contributed by atoms with Crippen LogP contribution in [0.2, 0.25) is 0 Å². The van der Waals surface area contributed by atoms with Gasteiger partial charge in [-0.15, -0.1) is 0 Å². The van der Waals surface area contributed by atoms with E-state index in [1.807, 2.05) is 25.7 Å². The first-order chi connectivity index (χ1) is 15.9. The molecule has 0 saturated heterocycles. The van der Waals surface area contributed by atoms with Crippen LogP contribution >= 0.6 is 0 Å². The fraction of sp³-hybridized carbons (Fsp3) is 0.538. The Balaban J connectivity index is 0.00000342. The number of hydrogen-bond donors (Lipinski definition) is 1. The molecule has 0 spiro atoms. The quantitative estimate of drug-likeness (QED) is 0.386. The number of benzene rings is 1. The Morgan fingerprint density at radius 1 is 1.18 bits per heavy atom. The van der Waals surface area contributed by atoms with Gasteiger partial charge in [0.2, 0.25) is 17.8 Å². The summed E-state index contributed by atoms with van der Waals surface area (Å²) in [6.45, 7) is 6.71. The first-order valence-electron chi connectivity index (χ1n) is 11.8. The SMILES string of the molecule is CC(C)(C)CC(=O)Nc1c(C2CCC(F)(F)CC2)cc(N2CCc3cc(F)ccc3C2)nc1F.[HH]. The van der Waals surface area contributed by atoms with Gasteiger partial charge < -0.3 is 10.2 Å². The molecule has 0 radical (unpaired) electrons. The Morgan fingerprint density at radius 2 is 1.88 bits per heavy atom. The van der Waals surface area contributed by atoms with E-state index in [2.05, 4.69) is 10.3 Å². The number of carbonyl (C=O) groups excluding carboxylic acids is 1. The number of hydrogen-bond acceptors (Lipinski definition) is 3. The molecular formula is C26H33F4N3O. The Hall–Kier alpha value is -2.64. The lowest BCUT2D eigenvalue weighted by molar-refractivity contribution is -0.117. The lowest BCUT2D eigenvalue weighted by Crippen LogP contribution is -2.32. The summed E-state index contributed by atoms with van der Waals surface area (Å²) in [4.78, 5) is 18.7. The second kappa shape index (κ2) is 9.19. The van der Waals surface area contributed by atoms with E-state index >= 15 is 4.39 Å². The van der Waals surface area contributed by atoms with E-state index in [0.29, 0.717) is 30.9 Å². The molecule has 1 N–H and O–H groups in total. The second-order valence-electron chi connectivity index (χ2n) is 10.7. The van der Waals surface area contributed by atoms with Crippen molar-refractivity contribution in [2.45, 2.75) is 77.7 Å². The maximum Gasteiger partial charge on any atom is 0.248 e. The summed E-state index contributed by atoms with van der Waals surface area (Å²) in [6, 6.07) is 6.37. The minimum atomic E-state index is -2.72. The molecule has 34 heavy (non-hydrogen) atoms. The smallest absolute Gasteiger partial charge is 0.248 e. The highest BCUT2D eigenvalue weighted by Gasteiger charge is 2.37. The molecule has 1 fully saturated rings. The number of amides is 1. The monoisotopic (exact) mass is 479 g/mol. The van der Waals surface area contributed by atoms with E-state index in [4.69, 9.17) is 0 Å².